The van der Waals surface area contributed by atoms with Crippen LogP contribution in [0.3, 0.4) is 0 Å². The van der Waals surface area contributed by atoms with Crippen molar-refractivity contribution >= 4 is 11.6 Å². The van der Waals surface area contributed by atoms with Crippen LogP contribution in [0, 0.1) is 0 Å². The lowest BCUT2D eigenvalue weighted by molar-refractivity contribution is 0.181. The van der Waals surface area contributed by atoms with Gasteiger partial charge in [0.05, 0.1) is 24.8 Å². The number of hydrogen-bond acceptors (Lipinski definition) is 4. The summed E-state index contributed by atoms with van der Waals surface area (Å²) in [4.78, 5) is 12.9. The topological polar surface area (TPSA) is 52.8 Å². The van der Waals surface area contributed by atoms with Gasteiger partial charge in [-0.1, -0.05) is 11.6 Å². The minimum absolute atomic E-state index is 0.423. The number of imidazole rings is 1. The summed E-state index contributed by atoms with van der Waals surface area (Å²) in [5.41, 5.74) is 1.69. The average Bonchev–Trinajstić information content (AvgIpc) is 3.06. The van der Waals surface area contributed by atoms with Crippen molar-refractivity contribution in [2.75, 3.05) is 7.11 Å². The molecule has 1 aliphatic carbocycles. The predicted molar refractivity (Wildman–Crippen MR) is 67.2 cm³/mol. The third kappa shape index (κ3) is 2.23. The molecule has 0 unspecified atom stereocenters. The summed E-state index contributed by atoms with van der Waals surface area (Å²) < 4.78 is 7.19. The highest BCUT2D eigenvalue weighted by molar-refractivity contribution is 6.29. The van der Waals surface area contributed by atoms with Gasteiger partial charge in [-0.05, 0) is 18.9 Å². The van der Waals surface area contributed by atoms with Crippen molar-refractivity contribution in [3.05, 3.63) is 29.4 Å². The number of methoxy groups -OCH3 is 1. The van der Waals surface area contributed by atoms with Crippen LogP contribution in [0.15, 0.2) is 18.6 Å². The number of hydrogen-bond donors (Lipinski definition) is 0. The molecule has 0 radical (unpaired) electrons. The van der Waals surface area contributed by atoms with E-state index in [1.807, 2.05) is 6.33 Å². The molecule has 5 nitrogen and oxygen atoms in total. The van der Waals surface area contributed by atoms with Crippen molar-refractivity contribution in [1.82, 2.24) is 19.5 Å². The summed E-state index contributed by atoms with van der Waals surface area (Å²) in [5, 5.41) is 0.426. The molecule has 3 rings (SSSR count). The monoisotopic (exact) mass is 264 g/mol. The lowest BCUT2D eigenvalue weighted by Gasteiger charge is -2.07. The summed E-state index contributed by atoms with van der Waals surface area (Å²) >= 11 is 6.01. The molecule has 1 saturated carbocycles. The van der Waals surface area contributed by atoms with Crippen molar-refractivity contribution in [1.29, 1.82) is 0 Å². The van der Waals surface area contributed by atoms with Crippen LogP contribution in [0.2, 0.25) is 5.15 Å². The van der Waals surface area contributed by atoms with E-state index in [1.165, 1.54) is 12.8 Å². The molecule has 94 valence electrons. The molecule has 2 aromatic heterocycles. The molecule has 0 amide bonds. The number of ether oxygens (including phenoxy) is 1. The summed E-state index contributed by atoms with van der Waals surface area (Å²) in [6.07, 6.45) is 5.98. The van der Waals surface area contributed by atoms with Crippen LogP contribution in [0.4, 0.5) is 0 Å². The Balaban J connectivity index is 2.01. The first-order valence-corrected chi connectivity index (χ1v) is 6.20. The lowest BCUT2D eigenvalue weighted by atomic mass is 10.3. The first-order chi connectivity index (χ1) is 8.78. The van der Waals surface area contributed by atoms with Crippen LogP contribution in [-0.2, 0) is 11.3 Å². The normalized spacial score (nSPS) is 15.0. The molecule has 18 heavy (non-hydrogen) atoms. The van der Waals surface area contributed by atoms with E-state index in [1.54, 1.807) is 19.4 Å². The van der Waals surface area contributed by atoms with E-state index in [9.17, 15) is 0 Å². The molecule has 2 aromatic rings. The second kappa shape index (κ2) is 4.66. The molecule has 0 aromatic carbocycles. The third-order valence-electron chi connectivity index (χ3n) is 2.88. The van der Waals surface area contributed by atoms with Crippen LogP contribution in [0.1, 0.15) is 24.6 Å². The maximum absolute atomic E-state index is 6.01. The molecule has 0 bridgehead atoms. The van der Waals surface area contributed by atoms with Gasteiger partial charge in [-0.2, -0.15) is 0 Å². The predicted octanol–water partition coefficient (Wildman–Crippen LogP) is 2.47. The fourth-order valence-electron chi connectivity index (χ4n) is 1.92. The first kappa shape index (κ1) is 11.6. The highest BCUT2D eigenvalue weighted by Crippen LogP contribution is 2.37. The second-order valence-corrected chi connectivity index (χ2v) is 4.74. The molecular formula is C12H13ClN4O. The first-order valence-electron chi connectivity index (χ1n) is 5.82. The minimum atomic E-state index is 0.423. The van der Waals surface area contributed by atoms with Gasteiger partial charge in [0.2, 0.25) is 0 Å². The van der Waals surface area contributed by atoms with Gasteiger partial charge in [0.15, 0.2) is 5.82 Å². The molecule has 0 spiro atoms. The number of halogens is 1. The van der Waals surface area contributed by atoms with E-state index < -0.39 is 0 Å². The number of rotatable bonds is 4. The molecule has 0 aliphatic heterocycles. The highest BCUT2D eigenvalue weighted by Gasteiger charge is 2.26. The molecule has 6 heteroatoms. The summed E-state index contributed by atoms with van der Waals surface area (Å²) in [6, 6.07) is 2.25. The Labute approximate surface area is 110 Å². The van der Waals surface area contributed by atoms with E-state index in [4.69, 9.17) is 16.3 Å². The van der Waals surface area contributed by atoms with Gasteiger partial charge in [0.25, 0.3) is 0 Å². The molecule has 0 N–H and O–H groups in total. The van der Waals surface area contributed by atoms with Crippen LogP contribution in [-0.4, -0.2) is 26.6 Å². The standard InChI is InChI=1S/C12H13ClN4O/c1-18-6-8-4-11(13)16-12(15-8)10-5-14-7-17(10)9-2-3-9/h4-5,7,9H,2-3,6H2,1H3. The van der Waals surface area contributed by atoms with E-state index in [-0.39, 0.29) is 0 Å². The maximum atomic E-state index is 6.01. The van der Waals surface area contributed by atoms with Crippen molar-refractivity contribution in [3.8, 4) is 11.5 Å². The van der Waals surface area contributed by atoms with Gasteiger partial charge in [0.1, 0.15) is 10.8 Å². The number of aromatic nitrogens is 4. The van der Waals surface area contributed by atoms with E-state index >= 15 is 0 Å². The van der Waals surface area contributed by atoms with Gasteiger partial charge >= 0.3 is 0 Å². The Morgan fingerprint density at radius 1 is 1.44 bits per heavy atom. The summed E-state index contributed by atoms with van der Waals surface area (Å²) in [7, 11) is 1.63. The quantitative estimate of drug-likeness (QED) is 0.796. The SMILES string of the molecule is COCc1cc(Cl)nc(-c2cncn2C2CC2)n1. The zero-order valence-corrected chi connectivity index (χ0v) is 10.8. The minimum Gasteiger partial charge on any atom is -0.378 e. The Hall–Kier alpha value is -1.46. The van der Waals surface area contributed by atoms with Gasteiger partial charge in [-0.15, -0.1) is 0 Å². The van der Waals surface area contributed by atoms with Crippen molar-refractivity contribution < 1.29 is 4.74 Å². The van der Waals surface area contributed by atoms with Crippen molar-refractivity contribution in [2.45, 2.75) is 25.5 Å². The van der Waals surface area contributed by atoms with E-state index in [2.05, 4.69) is 19.5 Å². The Kier molecular flexibility index (Phi) is 3.01. The van der Waals surface area contributed by atoms with Crippen LogP contribution in [0.25, 0.3) is 11.5 Å². The second-order valence-electron chi connectivity index (χ2n) is 4.36. The molecule has 1 fully saturated rings. The molecule has 1 aliphatic rings. The molecule has 0 atom stereocenters. The van der Waals surface area contributed by atoms with Crippen molar-refractivity contribution in [2.24, 2.45) is 0 Å². The number of nitrogens with zero attached hydrogens (tertiary/aromatic N) is 4. The van der Waals surface area contributed by atoms with Gasteiger partial charge in [-0.25, -0.2) is 15.0 Å². The van der Waals surface area contributed by atoms with Gasteiger partial charge in [0, 0.05) is 13.2 Å². The zero-order valence-electron chi connectivity index (χ0n) is 10.0. The molecule has 2 heterocycles. The lowest BCUT2D eigenvalue weighted by Crippen LogP contribution is -2.02. The fourth-order valence-corrected chi connectivity index (χ4v) is 2.13. The third-order valence-corrected chi connectivity index (χ3v) is 3.07. The van der Waals surface area contributed by atoms with Gasteiger partial charge < -0.3 is 9.30 Å². The van der Waals surface area contributed by atoms with Crippen LogP contribution < -0.4 is 0 Å². The van der Waals surface area contributed by atoms with Crippen LogP contribution >= 0.6 is 11.6 Å². The maximum Gasteiger partial charge on any atom is 0.179 e. The van der Waals surface area contributed by atoms with Crippen LogP contribution in [0.5, 0.6) is 0 Å². The summed E-state index contributed by atoms with van der Waals surface area (Å²) in [6.45, 7) is 0.423. The van der Waals surface area contributed by atoms with E-state index in [0.29, 0.717) is 23.6 Å². The Morgan fingerprint density at radius 3 is 3.00 bits per heavy atom. The Bertz CT molecular complexity index is 565. The largest absolute Gasteiger partial charge is 0.378 e. The highest BCUT2D eigenvalue weighted by atomic mass is 35.5. The average molecular weight is 265 g/mol. The fraction of sp³-hybridized carbons (Fsp3) is 0.417. The Morgan fingerprint density at radius 2 is 2.28 bits per heavy atom. The molecular weight excluding hydrogens is 252 g/mol. The summed E-state index contributed by atoms with van der Waals surface area (Å²) in [5.74, 6) is 0.610. The zero-order chi connectivity index (χ0) is 12.5. The smallest absolute Gasteiger partial charge is 0.179 e. The van der Waals surface area contributed by atoms with Gasteiger partial charge in [-0.3, -0.25) is 0 Å². The van der Waals surface area contributed by atoms with Crippen molar-refractivity contribution in [3.63, 3.8) is 0 Å². The van der Waals surface area contributed by atoms with E-state index in [0.717, 1.165) is 11.4 Å². The molecule has 0 saturated heterocycles.